The highest BCUT2D eigenvalue weighted by Gasteiger charge is 2.22. The summed E-state index contributed by atoms with van der Waals surface area (Å²) in [6.45, 7) is 4.81. The number of unbranched alkanes of at least 4 members (excludes halogenated alkanes) is 4. The zero-order chi connectivity index (χ0) is 17.1. The van der Waals surface area contributed by atoms with Gasteiger partial charge < -0.3 is 15.2 Å². The number of carbonyl (C=O) groups excluding carboxylic acids is 2. The first-order chi connectivity index (χ1) is 11.1. The van der Waals surface area contributed by atoms with Gasteiger partial charge in [0.05, 0.1) is 24.3 Å². The molecule has 0 unspecified atom stereocenters. The molecule has 1 rings (SSSR count). The SMILES string of the molecule is CCCCCOC(=O)c1cccc(N)c1C(=O)OCCCCC. The molecule has 1 aromatic carbocycles. The average Bonchev–Trinajstić information content (AvgIpc) is 2.55. The quantitative estimate of drug-likeness (QED) is 0.401. The molecular formula is C18H27NO4. The Kier molecular flexibility index (Phi) is 8.80. The zero-order valence-corrected chi connectivity index (χ0v) is 14.1. The molecule has 0 radical (unpaired) electrons. The van der Waals surface area contributed by atoms with Crippen molar-refractivity contribution in [2.24, 2.45) is 0 Å². The van der Waals surface area contributed by atoms with Gasteiger partial charge in [0.2, 0.25) is 0 Å². The molecule has 128 valence electrons. The van der Waals surface area contributed by atoms with Crippen molar-refractivity contribution in [3.8, 4) is 0 Å². The van der Waals surface area contributed by atoms with E-state index in [1.54, 1.807) is 18.2 Å². The molecule has 0 aliphatic heterocycles. The Morgan fingerprint density at radius 3 is 2.04 bits per heavy atom. The Morgan fingerprint density at radius 2 is 1.48 bits per heavy atom. The largest absolute Gasteiger partial charge is 0.462 e. The maximum atomic E-state index is 12.2. The molecule has 0 atom stereocenters. The number of nitrogen functional groups attached to an aromatic ring is 1. The van der Waals surface area contributed by atoms with Gasteiger partial charge in [-0.05, 0) is 25.0 Å². The molecule has 0 aliphatic carbocycles. The molecule has 1 aromatic rings. The third-order valence-electron chi connectivity index (χ3n) is 3.48. The lowest BCUT2D eigenvalue weighted by Crippen LogP contribution is -2.17. The fourth-order valence-electron chi connectivity index (χ4n) is 2.15. The minimum atomic E-state index is -0.570. The van der Waals surface area contributed by atoms with Gasteiger partial charge in [0.1, 0.15) is 0 Å². The van der Waals surface area contributed by atoms with Gasteiger partial charge in [-0.2, -0.15) is 0 Å². The van der Waals surface area contributed by atoms with Crippen LogP contribution in [0.5, 0.6) is 0 Å². The highest BCUT2D eigenvalue weighted by molar-refractivity contribution is 6.06. The summed E-state index contributed by atoms with van der Waals surface area (Å²) in [7, 11) is 0. The lowest BCUT2D eigenvalue weighted by molar-refractivity contribution is 0.0452. The van der Waals surface area contributed by atoms with Gasteiger partial charge in [-0.15, -0.1) is 0 Å². The molecule has 0 amide bonds. The zero-order valence-electron chi connectivity index (χ0n) is 14.1. The molecule has 0 bridgehead atoms. The first-order valence-electron chi connectivity index (χ1n) is 8.34. The average molecular weight is 321 g/mol. The Balaban J connectivity index is 2.74. The van der Waals surface area contributed by atoms with Gasteiger partial charge in [0.25, 0.3) is 0 Å². The van der Waals surface area contributed by atoms with Crippen LogP contribution in [0, 0.1) is 0 Å². The summed E-state index contributed by atoms with van der Waals surface area (Å²) in [4.78, 5) is 24.4. The van der Waals surface area contributed by atoms with Gasteiger partial charge in [-0.1, -0.05) is 45.6 Å². The summed E-state index contributed by atoms with van der Waals surface area (Å²) in [5, 5.41) is 0. The molecule has 23 heavy (non-hydrogen) atoms. The molecule has 0 fully saturated rings. The number of hydrogen-bond acceptors (Lipinski definition) is 5. The summed E-state index contributed by atoms with van der Waals surface area (Å²) in [6, 6.07) is 4.75. The van der Waals surface area contributed by atoms with Crippen LogP contribution in [-0.2, 0) is 9.47 Å². The van der Waals surface area contributed by atoms with Crippen molar-refractivity contribution in [3.63, 3.8) is 0 Å². The van der Waals surface area contributed by atoms with Crippen molar-refractivity contribution in [2.75, 3.05) is 18.9 Å². The van der Waals surface area contributed by atoms with Crippen molar-refractivity contribution in [1.82, 2.24) is 0 Å². The Morgan fingerprint density at radius 1 is 0.913 bits per heavy atom. The molecular weight excluding hydrogens is 294 g/mol. The fourth-order valence-corrected chi connectivity index (χ4v) is 2.15. The van der Waals surface area contributed by atoms with Crippen molar-refractivity contribution >= 4 is 17.6 Å². The summed E-state index contributed by atoms with van der Waals surface area (Å²) in [5.74, 6) is -1.10. The van der Waals surface area contributed by atoms with Gasteiger partial charge in [0, 0.05) is 5.69 Å². The number of hydrogen-bond donors (Lipinski definition) is 1. The normalized spacial score (nSPS) is 10.3. The van der Waals surface area contributed by atoms with Crippen LogP contribution in [0.1, 0.15) is 73.1 Å². The van der Waals surface area contributed by atoms with E-state index in [1.165, 1.54) is 0 Å². The first-order valence-corrected chi connectivity index (χ1v) is 8.34. The van der Waals surface area contributed by atoms with Crippen LogP contribution in [0.2, 0.25) is 0 Å². The minimum Gasteiger partial charge on any atom is -0.462 e. The lowest BCUT2D eigenvalue weighted by Gasteiger charge is -2.11. The monoisotopic (exact) mass is 321 g/mol. The van der Waals surface area contributed by atoms with Crippen LogP contribution in [0.4, 0.5) is 5.69 Å². The molecule has 2 N–H and O–H groups in total. The maximum Gasteiger partial charge on any atom is 0.341 e. The molecule has 5 nitrogen and oxygen atoms in total. The fraction of sp³-hybridized carbons (Fsp3) is 0.556. The highest BCUT2D eigenvalue weighted by atomic mass is 16.5. The van der Waals surface area contributed by atoms with Gasteiger partial charge >= 0.3 is 11.9 Å². The number of anilines is 1. The number of benzene rings is 1. The molecule has 0 saturated carbocycles. The summed E-state index contributed by atoms with van der Waals surface area (Å²) >= 11 is 0. The van der Waals surface area contributed by atoms with E-state index in [-0.39, 0.29) is 16.8 Å². The van der Waals surface area contributed by atoms with Gasteiger partial charge in [0.15, 0.2) is 0 Å². The third kappa shape index (κ3) is 6.30. The van der Waals surface area contributed by atoms with Crippen LogP contribution in [0.25, 0.3) is 0 Å². The Bertz CT molecular complexity index is 514. The molecule has 0 aromatic heterocycles. The van der Waals surface area contributed by atoms with E-state index in [4.69, 9.17) is 15.2 Å². The smallest absolute Gasteiger partial charge is 0.341 e. The van der Waals surface area contributed by atoms with E-state index in [0.29, 0.717) is 13.2 Å². The van der Waals surface area contributed by atoms with Crippen molar-refractivity contribution < 1.29 is 19.1 Å². The molecule has 5 heteroatoms. The second-order valence-electron chi connectivity index (χ2n) is 5.46. The Hall–Kier alpha value is -2.04. The predicted molar refractivity (Wildman–Crippen MR) is 90.5 cm³/mol. The van der Waals surface area contributed by atoms with Crippen molar-refractivity contribution in [1.29, 1.82) is 0 Å². The molecule has 0 heterocycles. The van der Waals surface area contributed by atoms with Crippen LogP contribution in [0.15, 0.2) is 18.2 Å². The Labute approximate surface area is 138 Å². The van der Waals surface area contributed by atoms with Crippen molar-refractivity contribution in [3.05, 3.63) is 29.3 Å². The number of ether oxygens (including phenoxy) is 2. The molecule has 0 aliphatic rings. The number of rotatable bonds is 10. The van der Waals surface area contributed by atoms with E-state index in [2.05, 4.69) is 13.8 Å². The van der Waals surface area contributed by atoms with Crippen LogP contribution in [0.3, 0.4) is 0 Å². The second kappa shape index (κ2) is 10.6. The van der Waals surface area contributed by atoms with Gasteiger partial charge in [-0.3, -0.25) is 0 Å². The highest BCUT2D eigenvalue weighted by Crippen LogP contribution is 2.20. The predicted octanol–water partition coefficient (Wildman–Crippen LogP) is 3.96. The number of nitrogens with two attached hydrogens (primary N) is 1. The first kappa shape index (κ1) is 19.0. The topological polar surface area (TPSA) is 78.6 Å². The second-order valence-corrected chi connectivity index (χ2v) is 5.46. The third-order valence-corrected chi connectivity index (χ3v) is 3.48. The molecule has 0 saturated heterocycles. The maximum absolute atomic E-state index is 12.2. The van der Waals surface area contributed by atoms with E-state index >= 15 is 0 Å². The summed E-state index contributed by atoms with van der Waals surface area (Å²) in [6.07, 6.45) is 5.68. The minimum absolute atomic E-state index is 0.101. The number of esters is 2. The standard InChI is InChI=1S/C18H27NO4/c1-3-5-7-12-22-17(20)14-10-9-11-15(19)16(14)18(21)23-13-8-6-4-2/h9-11H,3-8,12-13,19H2,1-2H3. The van der Waals surface area contributed by atoms with Crippen LogP contribution >= 0.6 is 0 Å². The van der Waals surface area contributed by atoms with Crippen molar-refractivity contribution in [2.45, 2.75) is 52.4 Å². The van der Waals surface area contributed by atoms with E-state index < -0.39 is 11.9 Å². The van der Waals surface area contributed by atoms with Crippen LogP contribution < -0.4 is 5.73 Å². The van der Waals surface area contributed by atoms with E-state index in [9.17, 15) is 9.59 Å². The molecule has 0 spiro atoms. The summed E-state index contributed by atoms with van der Waals surface area (Å²) in [5.41, 5.74) is 6.36. The van der Waals surface area contributed by atoms with E-state index in [1.807, 2.05) is 0 Å². The summed E-state index contributed by atoms with van der Waals surface area (Å²) < 4.78 is 10.4. The van der Waals surface area contributed by atoms with E-state index in [0.717, 1.165) is 38.5 Å². The number of carbonyl (C=O) groups is 2. The van der Waals surface area contributed by atoms with Gasteiger partial charge in [-0.25, -0.2) is 9.59 Å². The lowest BCUT2D eigenvalue weighted by atomic mass is 10.1. The van der Waals surface area contributed by atoms with Crippen LogP contribution in [-0.4, -0.2) is 25.2 Å².